The summed E-state index contributed by atoms with van der Waals surface area (Å²) in [6.45, 7) is 1.41. The Morgan fingerprint density at radius 2 is 1.64 bits per heavy atom. The molecule has 0 aliphatic carbocycles. The number of thioether (sulfide) groups is 1. The van der Waals surface area contributed by atoms with Crippen molar-refractivity contribution in [2.24, 2.45) is 0 Å². The fourth-order valence-corrected chi connectivity index (χ4v) is 2.76. The van der Waals surface area contributed by atoms with Gasteiger partial charge in [0.2, 0.25) is 0 Å². The molecule has 0 aromatic heterocycles. The fourth-order valence-electron chi connectivity index (χ4n) is 2.26. The van der Waals surface area contributed by atoms with E-state index in [1.165, 1.54) is 31.2 Å². The number of esters is 1. The van der Waals surface area contributed by atoms with Crippen molar-refractivity contribution in [1.82, 2.24) is 0 Å². The third kappa shape index (κ3) is 7.11. The molecule has 5 nitrogen and oxygen atoms in total. The first kappa shape index (κ1) is 21.6. The molecule has 0 bridgehead atoms. The number of carbonyl (C=O) groups is 3. The second-order valence-electron chi connectivity index (χ2n) is 5.81. The molecule has 28 heavy (non-hydrogen) atoms. The molecule has 2 aromatic carbocycles. The predicted molar refractivity (Wildman–Crippen MR) is 102 cm³/mol. The third-order valence-electron chi connectivity index (χ3n) is 3.68. The van der Waals surface area contributed by atoms with Crippen LogP contribution >= 0.6 is 11.8 Å². The summed E-state index contributed by atoms with van der Waals surface area (Å²) in [6, 6.07) is 14.5. The van der Waals surface area contributed by atoms with Crippen LogP contribution in [0.2, 0.25) is 0 Å². The Hall–Kier alpha value is -2.74. The Balaban J connectivity index is 1.78. The van der Waals surface area contributed by atoms with E-state index in [1.54, 1.807) is 30.3 Å². The van der Waals surface area contributed by atoms with E-state index in [9.17, 15) is 23.2 Å². The minimum Gasteiger partial charge on any atom is -0.453 e. The van der Waals surface area contributed by atoms with Gasteiger partial charge in [-0.05, 0) is 31.2 Å². The van der Waals surface area contributed by atoms with Crippen LogP contribution in [0.1, 0.15) is 30.1 Å². The number of benzene rings is 2. The molecule has 1 atom stereocenters. The average Bonchev–Trinajstić information content (AvgIpc) is 2.67. The van der Waals surface area contributed by atoms with Crippen LogP contribution in [0, 0.1) is 0 Å². The van der Waals surface area contributed by atoms with Crippen molar-refractivity contribution in [3.8, 4) is 0 Å². The van der Waals surface area contributed by atoms with Crippen LogP contribution < -0.4 is 5.32 Å². The van der Waals surface area contributed by atoms with Gasteiger partial charge >= 0.3 is 5.97 Å². The monoisotopic (exact) mass is 407 g/mol. The SMILES string of the molecule is C[C@@H](OC(=O)CCC(=O)c1ccccc1)C(=O)Nc1ccc(SC(F)F)cc1. The highest BCUT2D eigenvalue weighted by Crippen LogP contribution is 2.26. The summed E-state index contributed by atoms with van der Waals surface area (Å²) in [6.07, 6.45) is -1.21. The van der Waals surface area contributed by atoms with Gasteiger partial charge < -0.3 is 10.1 Å². The number of alkyl halides is 2. The fraction of sp³-hybridized carbons (Fsp3) is 0.250. The van der Waals surface area contributed by atoms with Gasteiger partial charge in [0.1, 0.15) is 0 Å². The number of halogens is 2. The molecule has 1 amide bonds. The molecule has 0 fully saturated rings. The summed E-state index contributed by atoms with van der Waals surface area (Å²) >= 11 is 0.404. The lowest BCUT2D eigenvalue weighted by molar-refractivity contribution is -0.153. The molecule has 0 aliphatic heterocycles. The van der Waals surface area contributed by atoms with E-state index in [0.717, 1.165) is 0 Å². The van der Waals surface area contributed by atoms with Gasteiger partial charge in [0.05, 0.1) is 6.42 Å². The second kappa shape index (κ2) is 10.6. The lowest BCUT2D eigenvalue weighted by Crippen LogP contribution is -2.30. The smallest absolute Gasteiger partial charge is 0.307 e. The summed E-state index contributed by atoms with van der Waals surface area (Å²) in [5.74, 6) is -3.92. The quantitative estimate of drug-likeness (QED) is 0.376. The first-order chi connectivity index (χ1) is 13.3. The minimum atomic E-state index is -2.52. The maximum atomic E-state index is 12.3. The Labute approximate surface area is 165 Å². The highest BCUT2D eigenvalue weighted by atomic mass is 32.2. The summed E-state index contributed by atoms with van der Waals surface area (Å²) in [7, 11) is 0. The number of Topliss-reactive ketones (excluding diaryl/α,β-unsaturated/α-hetero) is 1. The van der Waals surface area contributed by atoms with Crippen LogP contribution in [0.15, 0.2) is 59.5 Å². The van der Waals surface area contributed by atoms with Crippen molar-refractivity contribution < 1.29 is 27.9 Å². The molecule has 0 unspecified atom stereocenters. The van der Waals surface area contributed by atoms with Crippen molar-refractivity contribution in [2.75, 3.05) is 5.32 Å². The van der Waals surface area contributed by atoms with Gasteiger partial charge in [0.15, 0.2) is 11.9 Å². The first-order valence-electron chi connectivity index (χ1n) is 8.48. The van der Waals surface area contributed by atoms with Gasteiger partial charge in [0, 0.05) is 22.6 Å². The number of carbonyl (C=O) groups excluding carboxylic acids is 3. The van der Waals surface area contributed by atoms with Crippen molar-refractivity contribution in [3.63, 3.8) is 0 Å². The van der Waals surface area contributed by atoms with Crippen molar-refractivity contribution in [3.05, 3.63) is 60.2 Å². The molecule has 0 saturated carbocycles. The van der Waals surface area contributed by atoms with Gasteiger partial charge in [-0.1, -0.05) is 42.1 Å². The lowest BCUT2D eigenvalue weighted by Gasteiger charge is -2.13. The Bertz CT molecular complexity index is 813. The topological polar surface area (TPSA) is 72.5 Å². The average molecular weight is 407 g/mol. The highest BCUT2D eigenvalue weighted by Gasteiger charge is 2.19. The van der Waals surface area contributed by atoms with E-state index in [4.69, 9.17) is 4.74 Å². The maximum Gasteiger partial charge on any atom is 0.307 e. The molecule has 0 saturated heterocycles. The molecule has 0 heterocycles. The van der Waals surface area contributed by atoms with Gasteiger partial charge in [-0.2, -0.15) is 8.78 Å². The van der Waals surface area contributed by atoms with Crippen molar-refractivity contribution >= 4 is 35.1 Å². The zero-order valence-electron chi connectivity index (χ0n) is 15.1. The molecule has 0 spiro atoms. The van der Waals surface area contributed by atoms with Crippen LogP contribution in [0.25, 0.3) is 0 Å². The second-order valence-corrected chi connectivity index (χ2v) is 6.88. The van der Waals surface area contributed by atoms with E-state index >= 15 is 0 Å². The summed E-state index contributed by atoms with van der Waals surface area (Å²) in [5, 5.41) is 2.54. The molecule has 2 aromatic rings. The Morgan fingerprint density at radius 1 is 1.00 bits per heavy atom. The summed E-state index contributed by atoms with van der Waals surface area (Å²) in [4.78, 5) is 36.3. The summed E-state index contributed by atoms with van der Waals surface area (Å²) in [5.41, 5.74) is 0.903. The van der Waals surface area contributed by atoms with Crippen molar-refractivity contribution in [1.29, 1.82) is 0 Å². The number of rotatable bonds is 9. The number of ketones is 1. The minimum absolute atomic E-state index is 0.0134. The van der Waals surface area contributed by atoms with Gasteiger partial charge in [-0.25, -0.2) is 0 Å². The molecule has 0 radical (unpaired) electrons. The highest BCUT2D eigenvalue weighted by molar-refractivity contribution is 7.99. The zero-order valence-corrected chi connectivity index (χ0v) is 15.9. The number of hydrogen-bond acceptors (Lipinski definition) is 5. The predicted octanol–water partition coefficient (Wildman–Crippen LogP) is 4.53. The number of ether oxygens (including phenoxy) is 1. The van der Waals surface area contributed by atoms with Crippen molar-refractivity contribution in [2.45, 2.75) is 36.5 Å². The molecular formula is C20H19F2NO4S. The maximum absolute atomic E-state index is 12.3. The van der Waals surface area contributed by atoms with Gasteiger partial charge in [-0.3, -0.25) is 14.4 Å². The Morgan fingerprint density at radius 3 is 2.25 bits per heavy atom. The van der Waals surface area contributed by atoms with E-state index in [1.807, 2.05) is 0 Å². The number of amides is 1. The zero-order chi connectivity index (χ0) is 20.5. The normalized spacial score (nSPS) is 11.7. The molecule has 2 rings (SSSR count). The number of anilines is 1. The number of hydrogen-bond donors (Lipinski definition) is 1. The molecule has 0 aliphatic rings. The lowest BCUT2D eigenvalue weighted by atomic mass is 10.1. The van der Waals surface area contributed by atoms with Crippen LogP contribution in [-0.2, 0) is 14.3 Å². The number of nitrogens with one attached hydrogen (secondary N) is 1. The van der Waals surface area contributed by atoms with Crippen LogP contribution in [0.4, 0.5) is 14.5 Å². The standard InChI is InChI=1S/C20H19F2NO4S/c1-13(19(26)23-15-7-9-16(10-8-15)28-20(21)22)27-18(25)12-11-17(24)14-5-3-2-4-6-14/h2-10,13,20H,11-12H2,1H3,(H,23,26)/t13-/m1/s1. The van der Waals surface area contributed by atoms with E-state index in [-0.39, 0.29) is 18.6 Å². The molecule has 148 valence electrons. The van der Waals surface area contributed by atoms with Crippen LogP contribution in [0.3, 0.4) is 0 Å². The first-order valence-corrected chi connectivity index (χ1v) is 9.36. The van der Waals surface area contributed by atoms with E-state index < -0.39 is 23.7 Å². The van der Waals surface area contributed by atoms with Crippen LogP contribution in [0.5, 0.6) is 0 Å². The van der Waals surface area contributed by atoms with Gasteiger partial charge in [-0.15, -0.1) is 0 Å². The van der Waals surface area contributed by atoms with Gasteiger partial charge in [0.25, 0.3) is 11.7 Å². The summed E-state index contributed by atoms with van der Waals surface area (Å²) < 4.78 is 29.6. The van der Waals surface area contributed by atoms with E-state index in [2.05, 4.69) is 5.32 Å². The molecular weight excluding hydrogens is 388 g/mol. The Kier molecular flexibility index (Phi) is 8.13. The van der Waals surface area contributed by atoms with Crippen LogP contribution in [-0.4, -0.2) is 29.5 Å². The largest absolute Gasteiger partial charge is 0.453 e. The molecule has 1 N–H and O–H groups in total. The van der Waals surface area contributed by atoms with E-state index in [0.29, 0.717) is 27.9 Å². The third-order valence-corrected chi connectivity index (χ3v) is 4.40. The molecule has 8 heteroatoms.